The van der Waals surface area contributed by atoms with Crippen molar-refractivity contribution in [1.29, 1.82) is 0 Å². The molecule has 0 saturated carbocycles. The second kappa shape index (κ2) is 4.45. The summed E-state index contributed by atoms with van der Waals surface area (Å²) in [5.74, 6) is 0. The van der Waals surface area contributed by atoms with Crippen molar-refractivity contribution in [1.82, 2.24) is 15.2 Å². The molecule has 0 aliphatic heterocycles. The number of amides is 1. The minimum atomic E-state index is -0.579. The van der Waals surface area contributed by atoms with Crippen molar-refractivity contribution in [2.45, 2.75) is 26.4 Å². The number of aromatic amines is 1. The van der Waals surface area contributed by atoms with E-state index in [1.165, 1.54) is 6.20 Å². The quantitative estimate of drug-likeness (QED) is 0.833. The summed E-state index contributed by atoms with van der Waals surface area (Å²) in [6.07, 6.45) is 2.44. The van der Waals surface area contributed by atoms with Gasteiger partial charge in [-0.3, -0.25) is 15.4 Å². The fraction of sp³-hybridized carbons (Fsp3) is 0.364. The van der Waals surface area contributed by atoms with E-state index in [9.17, 15) is 4.79 Å². The smallest absolute Gasteiger partial charge is 0.412 e. The van der Waals surface area contributed by atoms with Crippen molar-refractivity contribution >= 4 is 34.4 Å². The third kappa shape index (κ3) is 2.70. The molecule has 96 valence electrons. The number of halogens is 1. The van der Waals surface area contributed by atoms with Crippen LogP contribution < -0.4 is 5.32 Å². The number of fused-ring (bicyclic) bond motifs is 1. The molecule has 7 heteroatoms. The van der Waals surface area contributed by atoms with Crippen LogP contribution in [0.4, 0.5) is 10.5 Å². The van der Waals surface area contributed by atoms with Crippen LogP contribution in [-0.2, 0) is 4.74 Å². The van der Waals surface area contributed by atoms with Gasteiger partial charge >= 0.3 is 6.09 Å². The third-order valence-electron chi connectivity index (χ3n) is 2.04. The van der Waals surface area contributed by atoms with Crippen molar-refractivity contribution in [3.63, 3.8) is 0 Å². The van der Waals surface area contributed by atoms with Gasteiger partial charge in [-0.1, -0.05) is 11.6 Å². The molecule has 2 aromatic heterocycles. The topological polar surface area (TPSA) is 79.9 Å². The zero-order valence-corrected chi connectivity index (χ0v) is 11.0. The van der Waals surface area contributed by atoms with E-state index in [0.29, 0.717) is 21.7 Å². The molecule has 0 saturated heterocycles. The molecule has 1 amide bonds. The summed E-state index contributed by atoms with van der Waals surface area (Å²) in [6, 6.07) is 0. The molecule has 0 aliphatic rings. The van der Waals surface area contributed by atoms with Gasteiger partial charge in [0, 0.05) is 0 Å². The first-order chi connectivity index (χ1) is 8.37. The van der Waals surface area contributed by atoms with Gasteiger partial charge in [0.15, 0.2) is 0 Å². The summed E-state index contributed by atoms with van der Waals surface area (Å²) in [6.45, 7) is 5.35. The van der Waals surface area contributed by atoms with E-state index in [-0.39, 0.29) is 0 Å². The lowest BCUT2D eigenvalue weighted by Gasteiger charge is -2.19. The highest BCUT2D eigenvalue weighted by Crippen LogP contribution is 2.27. The molecule has 2 aromatic rings. The van der Waals surface area contributed by atoms with Crippen molar-refractivity contribution in [3.8, 4) is 0 Å². The Morgan fingerprint density at radius 3 is 2.83 bits per heavy atom. The van der Waals surface area contributed by atoms with Crippen LogP contribution in [0.5, 0.6) is 0 Å². The first-order valence-corrected chi connectivity index (χ1v) is 5.72. The maximum Gasteiger partial charge on any atom is 0.412 e. The average Bonchev–Trinajstić information content (AvgIpc) is 2.68. The van der Waals surface area contributed by atoms with Gasteiger partial charge in [0.25, 0.3) is 0 Å². The summed E-state index contributed by atoms with van der Waals surface area (Å²) < 4.78 is 5.13. The molecular formula is C11H13ClN4O2. The van der Waals surface area contributed by atoms with Gasteiger partial charge in [-0.15, -0.1) is 0 Å². The molecule has 2 N–H and O–H groups in total. The molecule has 2 heterocycles. The summed E-state index contributed by atoms with van der Waals surface area (Å²) in [5, 5.41) is 9.43. The molecule has 0 atom stereocenters. The van der Waals surface area contributed by atoms with Gasteiger partial charge < -0.3 is 4.74 Å². The Balaban J connectivity index is 2.21. The van der Waals surface area contributed by atoms with Gasteiger partial charge in [0.1, 0.15) is 16.6 Å². The predicted octanol–water partition coefficient (Wildman–Crippen LogP) is 2.96. The van der Waals surface area contributed by atoms with Gasteiger partial charge in [0.2, 0.25) is 0 Å². The average molecular weight is 269 g/mol. The molecule has 0 fully saturated rings. The molecule has 0 aromatic carbocycles. The normalized spacial score (nSPS) is 11.6. The molecule has 18 heavy (non-hydrogen) atoms. The number of hydrogen-bond acceptors (Lipinski definition) is 4. The first kappa shape index (κ1) is 12.6. The predicted molar refractivity (Wildman–Crippen MR) is 68.8 cm³/mol. The standard InChI is InChI=1S/C11H13ClN4O2/c1-11(2,3)18-10(17)15-6-4-13-7-5-14-16-9(7)8(6)12/h4-5H,1-3H3,(H,14,16)(H,15,17). The lowest BCUT2D eigenvalue weighted by molar-refractivity contribution is 0.0636. The monoisotopic (exact) mass is 268 g/mol. The van der Waals surface area contributed by atoms with E-state index in [1.807, 2.05) is 0 Å². The number of hydrogen-bond donors (Lipinski definition) is 2. The Morgan fingerprint density at radius 1 is 1.44 bits per heavy atom. The number of aromatic nitrogens is 3. The van der Waals surface area contributed by atoms with Crippen LogP contribution in [0.25, 0.3) is 11.0 Å². The number of ether oxygens (including phenoxy) is 1. The fourth-order valence-electron chi connectivity index (χ4n) is 1.37. The molecule has 0 radical (unpaired) electrons. The van der Waals surface area contributed by atoms with E-state index < -0.39 is 11.7 Å². The SMILES string of the molecule is CC(C)(C)OC(=O)Nc1cnc2cn[nH]c2c1Cl. The zero-order valence-electron chi connectivity index (χ0n) is 10.2. The van der Waals surface area contributed by atoms with Gasteiger partial charge in [-0.25, -0.2) is 4.79 Å². The van der Waals surface area contributed by atoms with Crippen LogP contribution >= 0.6 is 11.6 Å². The van der Waals surface area contributed by atoms with Crippen molar-refractivity contribution < 1.29 is 9.53 Å². The van der Waals surface area contributed by atoms with Gasteiger partial charge in [-0.2, -0.15) is 5.10 Å². The molecule has 0 bridgehead atoms. The van der Waals surface area contributed by atoms with Crippen LogP contribution in [0, 0.1) is 0 Å². The Kier molecular flexibility index (Phi) is 3.13. The van der Waals surface area contributed by atoms with Crippen LogP contribution in [0.15, 0.2) is 12.4 Å². The highest BCUT2D eigenvalue weighted by molar-refractivity contribution is 6.37. The summed E-state index contributed by atoms with van der Waals surface area (Å²) in [5.41, 5.74) is 1.02. The number of nitrogens with one attached hydrogen (secondary N) is 2. The fourth-order valence-corrected chi connectivity index (χ4v) is 1.60. The van der Waals surface area contributed by atoms with Gasteiger partial charge in [-0.05, 0) is 20.8 Å². The number of nitrogens with zero attached hydrogens (tertiary/aromatic N) is 2. The van der Waals surface area contributed by atoms with E-state index in [1.54, 1.807) is 27.0 Å². The van der Waals surface area contributed by atoms with Crippen molar-refractivity contribution in [2.24, 2.45) is 0 Å². The zero-order chi connectivity index (χ0) is 13.3. The number of H-pyrrole nitrogens is 1. The molecule has 6 nitrogen and oxygen atoms in total. The number of carbonyl (C=O) groups excluding carboxylic acids is 1. The Hall–Kier alpha value is -1.82. The van der Waals surface area contributed by atoms with E-state index in [4.69, 9.17) is 16.3 Å². The third-order valence-corrected chi connectivity index (χ3v) is 2.44. The second-order valence-corrected chi connectivity index (χ2v) is 5.12. The van der Waals surface area contributed by atoms with Crippen molar-refractivity contribution in [3.05, 3.63) is 17.4 Å². The first-order valence-electron chi connectivity index (χ1n) is 5.34. The van der Waals surface area contributed by atoms with Crippen LogP contribution in [0.3, 0.4) is 0 Å². The van der Waals surface area contributed by atoms with Gasteiger partial charge in [0.05, 0.1) is 23.1 Å². The van der Waals surface area contributed by atoms with Crippen LogP contribution in [0.2, 0.25) is 5.02 Å². The van der Waals surface area contributed by atoms with Crippen LogP contribution in [0.1, 0.15) is 20.8 Å². The number of rotatable bonds is 1. The van der Waals surface area contributed by atoms with Crippen LogP contribution in [-0.4, -0.2) is 26.9 Å². The largest absolute Gasteiger partial charge is 0.444 e. The Labute approximate surface area is 109 Å². The summed E-state index contributed by atoms with van der Waals surface area (Å²) >= 11 is 6.12. The minimum Gasteiger partial charge on any atom is -0.444 e. The molecule has 0 spiro atoms. The molecule has 0 unspecified atom stereocenters. The maximum atomic E-state index is 11.6. The highest BCUT2D eigenvalue weighted by Gasteiger charge is 2.18. The highest BCUT2D eigenvalue weighted by atomic mass is 35.5. The lowest BCUT2D eigenvalue weighted by Crippen LogP contribution is -2.27. The Bertz CT molecular complexity index is 588. The summed E-state index contributed by atoms with van der Waals surface area (Å²) in [4.78, 5) is 15.7. The number of pyridine rings is 1. The lowest BCUT2D eigenvalue weighted by atomic mass is 10.2. The second-order valence-electron chi connectivity index (χ2n) is 4.74. The molecular weight excluding hydrogens is 256 g/mol. The number of anilines is 1. The van der Waals surface area contributed by atoms with Crippen molar-refractivity contribution in [2.75, 3.05) is 5.32 Å². The van der Waals surface area contributed by atoms with E-state index in [0.717, 1.165) is 0 Å². The maximum absolute atomic E-state index is 11.6. The Morgan fingerprint density at radius 2 is 2.17 bits per heavy atom. The van der Waals surface area contributed by atoms with E-state index in [2.05, 4.69) is 20.5 Å². The van der Waals surface area contributed by atoms with E-state index >= 15 is 0 Å². The summed E-state index contributed by atoms with van der Waals surface area (Å²) in [7, 11) is 0. The molecule has 2 rings (SSSR count). The molecule has 0 aliphatic carbocycles. The number of carbonyl (C=O) groups is 1. The minimum absolute atomic E-state index is 0.350.